The minimum absolute atomic E-state index is 0.183. The Morgan fingerprint density at radius 1 is 1.03 bits per heavy atom. The zero-order valence-corrected chi connectivity index (χ0v) is 17.0. The van der Waals surface area contributed by atoms with E-state index in [2.05, 4.69) is 27.5 Å². The summed E-state index contributed by atoms with van der Waals surface area (Å²) in [7, 11) is 0. The van der Waals surface area contributed by atoms with Gasteiger partial charge >= 0.3 is 6.09 Å². The fourth-order valence-corrected chi connectivity index (χ4v) is 2.39. The van der Waals surface area contributed by atoms with Crippen LogP contribution in [0.25, 0.3) is 0 Å². The van der Waals surface area contributed by atoms with Crippen molar-refractivity contribution in [2.24, 2.45) is 0 Å². The number of rotatable bonds is 6. The summed E-state index contributed by atoms with van der Waals surface area (Å²) >= 11 is 0. The summed E-state index contributed by atoms with van der Waals surface area (Å²) < 4.78 is 5.22. The number of aromatic amines is 1. The number of alkyl carbamates (subject to hydrolysis) is 1. The van der Waals surface area contributed by atoms with Crippen molar-refractivity contribution in [1.82, 2.24) is 15.6 Å². The molecule has 0 fully saturated rings. The molecule has 2 aromatic rings. The molecule has 154 valence electrons. The third kappa shape index (κ3) is 6.84. The number of allylic oxidation sites excluding steroid dienone is 1. The van der Waals surface area contributed by atoms with Crippen molar-refractivity contribution in [3.8, 4) is 0 Å². The lowest BCUT2D eigenvalue weighted by atomic mass is 10.1. The Hall–Kier alpha value is -3.55. The minimum atomic E-state index is -0.598. The molecule has 0 spiro atoms. The van der Waals surface area contributed by atoms with Crippen LogP contribution in [0, 0.1) is 0 Å². The van der Waals surface area contributed by atoms with Gasteiger partial charge in [-0.3, -0.25) is 9.59 Å². The molecule has 0 aliphatic carbocycles. The molecule has 3 amide bonds. The average Bonchev–Trinajstić information content (AvgIpc) is 3.09. The van der Waals surface area contributed by atoms with Gasteiger partial charge in [0.05, 0.1) is 0 Å². The standard InChI is InChI=1S/C21H26N4O4/c1-13(2)23-18(26)16-10-11-17(24-16)19(27)25-15-9-7-6-8-14(15)12-22-20(28)29-21(3,4)5/h6-11,24H,1,12H2,2-5H3,(H,22,28)(H,23,26)(H,25,27). The van der Waals surface area contributed by atoms with E-state index in [4.69, 9.17) is 4.74 Å². The molecule has 0 saturated carbocycles. The number of hydrogen-bond donors (Lipinski definition) is 4. The summed E-state index contributed by atoms with van der Waals surface area (Å²) in [6.07, 6.45) is -0.545. The van der Waals surface area contributed by atoms with Crippen molar-refractivity contribution in [1.29, 1.82) is 0 Å². The number of carbonyl (C=O) groups excluding carboxylic acids is 3. The topological polar surface area (TPSA) is 112 Å². The van der Waals surface area contributed by atoms with Gasteiger partial charge in [-0.25, -0.2) is 4.79 Å². The van der Waals surface area contributed by atoms with Gasteiger partial charge in [-0.2, -0.15) is 0 Å². The van der Waals surface area contributed by atoms with Gasteiger partial charge in [-0.1, -0.05) is 24.8 Å². The van der Waals surface area contributed by atoms with Crippen LogP contribution in [0.1, 0.15) is 54.2 Å². The molecular weight excluding hydrogens is 372 g/mol. The number of ether oxygens (including phenoxy) is 1. The summed E-state index contributed by atoms with van der Waals surface area (Å²) in [6, 6.07) is 10.1. The van der Waals surface area contributed by atoms with Crippen LogP contribution < -0.4 is 16.0 Å². The second kappa shape index (κ2) is 9.09. The van der Waals surface area contributed by atoms with E-state index in [0.717, 1.165) is 0 Å². The number of anilines is 1. The molecule has 1 aromatic heterocycles. The second-order valence-corrected chi connectivity index (χ2v) is 7.49. The molecule has 1 aromatic carbocycles. The highest BCUT2D eigenvalue weighted by Crippen LogP contribution is 2.17. The summed E-state index contributed by atoms with van der Waals surface area (Å²) in [5.41, 5.74) is 1.63. The van der Waals surface area contributed by atoms with Gasteiger partial charge in [-0.05, 0) is 51.5 Å². The van der Waals surface area contributed by atoms with E-state index in [0.29, 0.717) is 16.9 Å². The average molecular weight is 398 g/mol. The number of amides is 3. The van der Waals surface area contributed by atoms with E-state index in [9.17, 15) is 14.4 Å². The number of carbonyl (C=O) groups is 3. The van der Waals surface area contributed by atoms with Gasteiger partial charge in [-0.15, -0.1) is 0 Å². The summed E-state index contributed by atoms with van der Waals surface area (Å²) in [5, 5.41) is 8.01. The van der Waals surface area contributed by atoms with Gasteiger partial charge in [0, 0.05) is 17.9 Å². The molecular formula is C21H26N4O4. The quantitative estimate of drug-likeness (QED) is 0.596. The molecule has 0 aliphatic rings. The predicted molar refractivity (Wildman–Crippen MR) is 111 cm³/mol. The highest BCUT2D eigenvalue weighted by Gasteiger charge is 2.17. The van der Waals surface area contributed by atoms with Crippen molar-refractivity contribution < 1.29 is 19.1 Å². The molecule has 8 heteroatoms. The summed E-state index contributed by atoms with van der Waals surface area (Å²) in [6.45, 7) is 10.8. The molecule has 0 atom stereocenters. The normalized spacial score (nSPS) is 10.8. The Kier molecular flexibility index (Phi) is 6.82. The molecule has 0 unspecified atom stereocenters. The zero-order chi connectivity index (χ0) is 21.6. The largest absolute Gasteiger partial charge is 0.444 e. The van der Waals surface area contributed by atoms with E-state index in [1.54, 1.807) is 52.0 Å². The highest BCUT2D eigenvalue weighted by molar-refractivity contribution is 6.05. The number of aromatic nitrogens is 1. The maximum Gasteiger partial charge on any atom is 0.407 e. The van der Waals surface area contributed by atoms with Crippen molar-refractivity contribution in [3.05, 3.63) is 65.6 Å². The molecule has 1 heterocycles. The van der Waals surface area contributed by atoms with Crippen LogP contribution in [0.2, 0.25) is 0 Å². The maximum atomic E-state index is 12.5. The first-order chi connectivity index (χ1) is 13.5. The molecule has 4 N–H and O–H groups in total. The SMILES string of the molecule is C=C(C)NC(=O)c1ccc(C(=O)Nc2ccccc2CNC(=O)OC(C)(C)C)[nH]1. The van der Waals surface area contributed by atoms with Crippen molar-refractivity contribution in [2.75, 3.05) is 5.32 Å². The summed E-state index contributed by atoms with van der Waals surface area (Å²) in [5.74, 6) is -0.789. The van der Waals surface area contributed by atoms with E-state index in [1.807, 2.05) is 0 Å². The van der Waals surface area contributed by atoms with Gasteiger partial charge < -0.3 is 25.7 Å². The Balaban J connectivity index is 2.04. The van der Waals surface area contributed by atoms with Crippen LogP contribution in [0.5, 0.6) is 0 Å². The summed E-state index contributed by atoms with van der Waals surface area (Å²) in [4.78, 5) is 39.2. The first-order valence-corrected chi connectivity index (χ1v) is 9.07. The van der Waals surface area contributed by atoms with Crippen LogP contribution >= 0.6 is 0 Å². The Bertz CT molecular complexity index is 925. The number of hydrogen-bond acceptors (Lipinski definition) is 4. The van der Waals surface area contributed by atoms with Gasteiger partial charge in [0.1, 0.15) is 17.0 Å². The van der Waals surface area contributed by atoms with Gasteiger partial charge in [0.2, 0.25) is 0 Å². The monoisotopic (exact) mass is 398 g/mol. The molecule has 8 nitrogen and oxygen atoms in total. The van der Waals surface area contributed by atoms with Gasteiger partial charge in [0.25, 0.3) is 11.8 Å². The minimum Gasteiger partial charge on any atom is -0.444 e. The van der Waals surface area contributed by atoms with Gasteiger partial charge in [0.15, 0.2) is 0 Å². The number of nitrogens with one attached hydrogen (secondary N) is 4. The third-order valence-electron chi connectivity index (χ3n) is 3.59. The lowest BCUT2D eigenvalue weighted by Gasteiger charge is -2.20. The van der Waals surface area contributed by atoms with E-state index in [1.165, 1.54) is 12.1 Å². The first-order valence-electron chi connectivity index (χ1n) is 9.07. The van der Waals surface area contributed by atoms with Crippen molar-refractivity contribution in [2.45, 2.75) is 39.8 Å². The number of H-pyrrole nitrogens is 1. The smallest absolute Gasteiger partial charge is 0.407 e. The molecule has 0 radical (unpaired) electrons. The molecule has 0 saturated heterocycles. The second-order valence-electron chi connectivity index (χ2n) is 7.49. The van der Waals surface area contributed by atoms with E-state index in [-0.39, 0.29) is 23.8 Å². The maximum absolute atomic E-state index is 12.5. The molecule has 0 bridgehead atoms. The predicted octanol–water partition coefficient (Wildman–Crippen LogP) is 3.56. The fourth-order valence-electron chi connectivity index (χ4n) is 2.39. The third-order valence-corrected chi connectivity index (χ3v) is 3.59. The van der Waals surface area contributed by atoms with Crippen molar-refractivity contribution in [3.63, 3.8) is 0 Å². The first kappa shape index (κ1) is 21.7. The molecule has 0 aliphatic heterocycles. The Morgan fingerprint density at radius 2 is 1.66 bits per heavy atom. The highest BCUT2D eigenvalue weighted by atomic mass is 16.6. The number of para-hydroxylation sites is 1. The fraction of sp³-hybridized carbons (Fsp3) is 0.286. The van der Waals surface area contributed by atoms with Crippen LogP contribution in [0.15, 0.2) is 48.7 Å². The zero-order valence-electron chi connectivity index (χ0n) is 17.0. The molecule has 29 heavy (non-hydrogen) atoms. The number of benzene rings is 1. The van der Waals surface area contributed by atoms with Crippen LogP contribution in [0.4, 0.5) is 10.5 Å². The lowest BCUT2D eigenvalue weighted by Crippen LogP contribution is -2.32. The van der Waals surface area contributed by atoms with Crippen molar-refractivity contribution >= 4 is 23.6 Å². The van der Waals surface area contributed by atoms with E-state index >= 15 is 0 Å². The molecule has 2 rings (SSSR count). The Morgan fingerprint density at radius 3 is 2.28 bits per heavy atom. The van der Waals surface area contributed by atoms with Crippen LogP contribution in [0.3, 0.4) is 0 Å². The Labute approximate surface area is 169 Å². The lowest BCUT2D eigenvalue weighted by molar-refractivity contribution is 0.0523. The van der Waals surface area contributed by atoms with Crippen LogP contribution in [-0.2, 0) is 11.3 Å². The van der Waals surface area contributed by atoms with Crippen LogP contribution in [-0.4, -0.2) is 28.5 Å². The van der Waals surface area contributed by atoms with E-state index < -0.39 is 17.6 Å².